The van der Waals surface area contributed by atoms with Crippen LogP contribution in [-0.2, 0) is 38.3 Å². The van der Waals surface area contributed by atoms with Crippen molar-refractivity contribution in [1.82, 2.24) is 0 Å². The molecule has 0 saturated heterocycles. The molecule has 0 amide bonds. The van der Waals surface area contributed by atoms with Crippen LogP contribution in [0.1, 0.15) is 70.6 Å². The predicted molar refractivity (Wildman–Crippen MR) is 367 cm³/mol. The third kappa shape index (κ3) is 30.8. The van der Waals surface area contributed by atoms with Crippen LogP contribution >= 0.6 is 0 Å². The fraction of sp³-hybridized carbons (Fsp3) is 0.537. The minimum atomic E-state index is -1.64. The van der Waals surface area contributed by atoms with Crippen molar-refractivity contribution < 1.29 is 237 Å². The third-order valence-electron chi connectivity index (χ3n) is 17.7. The molecule has 9 unspecified atom stereocenters. The molecule has 114 heavy (non-hydrogen) atoms. The second-order valence-electron chi connectivity index (χ2n) is 26.0. The van der Waals surface area contributed by atoms with Crippen LogP contribution in [0.15, 0.2) is 54.6 Å². The average molecular weight is 1650 g/mol. The van der Waals surface area contributed by atoms with E-state index >= 15 is 0 Å². The summed E-state index contributed by atoms with van der Waals surface area (Å²) in [4.78, 5) is 75.3. The molecule has 47 nitrogen and oxygen atoms in total. The van der Waals surface area contributed by atoms with Gasteiger partial charge in [0.15, 0.2) is 28.7 Å². The number of hydrogen-bond acceptors (Lipinski definition) is 41. The predicted octanol–water partition coefficient (Wildman–Crippen LogP) is -7.14. The molecule has 646 valence electrons. The molecule has 0 bridgehead atoms. The minimum absolute atomic E-state index is 0.0423. The normalized spacial score (nSPS) is 31.1. The zero-order chi connectivity index (χ0) is 88.1. The highest BCUT2D eigenvalue weighted by Gasteiger charge is 2.50. The number of benzene rings is 4. The topological polar surface area (TPSA) is 918 Å². The molecule has 47 heteroatoms. The summed E-state index contributed by atoms with van der Waals surface area (Å²) in [6, 6.07) is 11.0. The number of aromatic hydroxyl groups is 15. The number of rotatable bonds is 8. The number of ether oxygens (including phenoxy) is 1. The van der Waals surface area contributed by atoms with Crippen LogP contribution in [0.3, 0.4) is 0 Å². The fourth-order valence-corrected chi connectivity index (χ4v) is 11.2. The summed E-state index contributed by atoms with van der Waals surface area (Å²) in [7, 11) is 0. The van der Waals surface area contributed by atoms with E-state index in [4.69, 9.17) is 199 Å². The summed E-state index contributed by atoms with van der Waals surface area (Å²) in [5, 5.41) is 345. The summed E-state index contributed by atoms with van der Waals surface area (Å²) >= 11 is 0. The molecular weight excluding hydrogens is 1560 g/mol. The number of carboxylic acids is 6. The molecule has 6 aliphatic carbocycles. The third-order valence-corrected chi connectivity index (χ3v) is 17.7. The molecule has 0 aliphatic heterocycles. The van der Waals surface area contributed by atoms with Gasteiger partial charge in [0.25, 0.3) is 6.47 Å². The lowest BCUT2D eigenvalue weighted by Gasteiger charge is -2.39. The van der Waals surface area contributed by atoms with E-state index in [0.717, 1.165) is 30.7 Å². The summed E-state index contributed by atoms with van der Waals surface area (Å²) in [6.45, 7) is 0.0423. The largest absolute Gasteiger partial charge is 0.508 e. The van der Waals surface area contributed by atoms with E-state index in [9.17, 15) is 33.6 Å². The Labute approximate surface area is 641 Å². The first-order chi connectivity index (χ1) is 52.7. The van der Waals surface area contributed by atoms with Crippen LogP contribution in [0.2, 0.25) is 0 Å². The molecule has 0 aromatic heterocycles. The maximum atomic E-state index is 10.9. The van der Waals surface area contributed by atoms with Gasteiger partial charge in [-0.15, -0.1) is 0 Å². The van der Waals surface area contributed by atoms with Crippen molar-refractivity contribution in [2.45, 2.75) is 187 Å². The number of carbonyl (C=O) groups is 7. The highest BCUT2D eigenvalue weighted by atomic mass is 16.5. The SMILES string of the molecule is O=C(O)C1CCC(C(=O)O)C(C(=O)O)C1.O=COC1CC(C(=O)O)C(C(=O)O)CC1C(=O)O.OC1C(O)C(O)C(O)C(O)C1O.OC1C(O)C(O)C(O)C(O)C1O.OC1CC(O)CC(O)C1.OC1CCCC(O)C1O.Oc1c(O)c(O)c(O)c(O)c1O.Oc1cc(O)cc(O)c1.Oc1ccc(O)c(O)c1.Oc1cccc(O)c1O. The summed E-state index contributed by atoms with van der Waals surface area (Å²) in [5.74, 6) is -22.7. The van der Waals surface area contributed by atoms with Crippen LogP contribution < -0.4 is 0 Å². The van der Waals surface area contributed by atoms with Gasteiger partial charge in [-0.25, -0.2) is 0 Å². The Kier molecular flexibility index (Phi) is 42.0. The molecule has 0 spiro atoms. The van der Waals surface area contributed by atoms with Crippen molar-refractivity contribution in [2.75, 3.05) is 0 Å². The zero-order valence-electron chi connectivity index (χ0n) is 59.2. The van der Waals surface area contributed by atoms with Crippen molar-refractivity contribution in [3.8, 4) is 86.2 Å². The van der Waals surface area contributed by atoms with Crippen molar-refractivity contribution in [3.63, 3.8) is 0 Å². The van der Waals surface area contributed by atoms with E-state index in [-0.39, 0.29) is 84.6 Å². The van der Waals surface area contributed by atoms with E-state index in [1.807, 2.05) is 0 Å². The van der Waals surface area contributed by atoms with Gasteiger partial charge in [-0.3, -0.25) is 33.6 Å². The number of carbonyl (C=O) groups excluding carboxylic acids is 1. The van der Waals surface area contributed by atoms with Gasteiger partial charge in [0.2, 0.25) is 34.5 Å². The zero-order valence-corrected chi connectivity index (χ0v) is 59.2. The first-order valence-electron chi connectivity index (χ1n) is 33.4. The van der Waals surface area contributed by atoms with Crippen molar-refractivity contribution in [3.05, 3.63) is 54.6 Å². The molecule has 39 N–H and O–H groups in total. The van der Waals surface area contributed by atoms with Gasteiger partial charge in [-0.05, 0) is 94.9 Å². The van der Waals surface area contributed by atoms with Crippen LogP contribution in [0.25, 0.3) is 0 Å². The minimum Gasteiger partial charge on any atom is -0.508 e. The smallest absolute Gasteiger partial charge is 0.310 e. The Morgan fingerprint density at radius 2 is 0.579 bits per heavy atom. The Hall–Kier alpha value is -10.6. The van der Waals surface area contributed by atoms with Gasteiger partial charge in [0.05, 0.1) is 66.0 Å². The molecule has 9 atom stereocenters. The lowest BCUT2D eigenvalue weighted by Crippen LogP contribution is -2.63. The number of aliphatic hydroxyl groups excluding tert-OH is 18. The van der Waals surface area contributed by atoms with Crippen LogP contribution in [0.5, 0.6) is 86.2 Å². The quantitative estimate of drug-likeness (QED) is 0.0443. The molecule has 6 aliphatic rings. The van der Waals surface area contributed by atoms with Gasteiger partial charge in [0, 0.05) is 24.3 Å². The van der Waals surface area contributed by atoms with Gasteiger partial charge >= 0.3 is 35.8 Å². The van der Waals surface area contributed by atoms with E-state index in [0.29, 0.717) is 32.1 Å². The molecule has 4 aromatic carbocycles. The maximum absolute atomic E-state index is 10.9. The summed E-state index contributed by atoms with van der Waals surface area (Å²) in [6.07, 6.45) is -21.9. The monoisotopic (exact) mass is 1650 g/mol. The lowest BCUT2D eigenvalue weighted by atomic mass is 9.72. The lowest BCUT2D eigenvalue weighted by molar-refractivity contribution is -0.223. The van der Waals surface area contributed by atoms with E-state index < -0.39 is 228 Å². The molecule has 6 saturated carbocycles. The maximum Gasteiger partial charge on any atom is 0.310 e. The first kappa shape index (κ1) is 101. The van der Waals surface area contributed by atoms with Crippen molar-refractivity contribution in [2.24, 2.45) is 35.5 Å². The Morgan fingerprint density at radius 3 is 0.833 bits per heavy atom. The van der Waals surface area contributed by atoms with Crippen LogP contribution in [-0.4, -0.2) is 357 Å². The summed E-state index contributed by atoms with van der Waals surface area (Å²) in [5.41, 5.74) is 0. The van der Waals surface area contributed by atoms with Gasteiger partial charge in [0.1, 0.15) is 108 Å². The van der Waals surface area contributed by atoms with Crippen LogP contribution in [0, 0.1) is 35.5 Å². The number of phenolic OH excluding ortho intramolecular Hbond substituents is 15. The van der Waals surface area contributed by atoms with Gasteiger partial charge < -0.3 is 204 Å². The van der Waals surface area contributed by atoms with Crippen LogP contribution in [0.4, 0.5) is 0 Å². The second-order valence-corrected chi connectivity index (χ2v) is 26.0. The van der Waals surface area contributed by atoms with Gasteiger partial charge in [-0.1, -0.05) is 6.07 Å². The number of aliphatic hydroxyl groups is 18. The van der Waals surface area contributed by atoms with Crippen molar-refractivity contribution in [1.29, 1.82) is 0 Å². The van der Waals surface area contributed by atoms with E-state index in [1.54, 1.807) is 0 Å². The first-order valence-corrected chi connectivity index (χ1v) is 33.4. The average Bonchev–Trinajstić information content (AvgIpc) is 0.979. The Bertz CT molecular complexity index is 3330. The Balaban J connectivity index is 0.000000639. The van der Waals surface area contributed by atoms with E-state index in [2.05, 4.69) is 4.74 Å². The molecule has 10 rings (SSSR count). The van der Waals surface area contributed by atoms with E-state index in [1.165, 1.54) is 30.3 Å². The highest BCUT2D eigenvalue weighted by molar-refractivity contribution is 5.83. The summed E-state index contributed by atoms with van der Waals surface area (Å²) < 4.78 is 4.55. The van der Waals surface area contributed by atoms with Crippen molar-refractivity contribution >= 4 is 42.3 Å². The molecule has 0 radical (unpaired) electrons. The number of phenols is 15. The molecule has 6 fully saturated rings. The fourth-order valence-electron chi connectivity index (χ4n) is 11.2. The molecule has 0 heterocycles. The number of para-hydroxylation sites is 1. The second kappa shape index (κ2) is 47.2. The van der Waals surface area contributed by atoms with Gasteiger partial charge in [-0.2, -0.15) is 0 Å². The molecular formula is C67H96O47. The number of aliphatic carboxylic acids is 6. The standard InChI is InChI=1S/C10H12O8.C9H12O6.2C6H12O6.C6H6O6.C6H12O3.2C6H6O3.C6H12O3.C6H6O3/c11-3-18-7-2-5(9(14)15)4(8(12)13)1-6(7)10(16)17;10-7(11)4-1-2-5(8(12)13)6(3-4)9(14)15;3*7-1-2(8)4(10)6(12)5(11)3(1)9;2*7-4-1-5(8)3-6(9)2-4;7-4-1-2-5(8)6(9)3-4;2*7-4-2-1-3-5(8)6(4)9/h3-7H,1-2H2,(H,12,13)(H,14,15)(H,16,17);4-6H,1-3H2,(H,10,11)(H,12,13)(H,14,15);2*1-12H;7-12H;4-9H,1-3H2;2*1-3,7-9H;4-9H,1-3H2;1-3,7-9H. The Morgan fingerprint density at radius 1 is 0.281 bits per heavy atom. The number of hydrogen-bond donors (Lipinski definition) is 39. The number of carboxylic acid groups (broad SMARTS) is 6. The molecule has 4 aromatic rings. The highest BCUT2D eigenvalue weighted by Crippen LogP contribution is 2.54.